The third-order valence-electron chi connectivity index (χ3n) is 7.88. The molecule has 0 aromatic heterocycles. The summed E-state index contributed by atoms with van der Waals surface area (Å²) in [6, 6.07) is 28.6. The number of benzene rings is 4. The van der Waals surface area contributed by atoms with Gasteiger partial charge in [-0.25, -0.2) is 0 Å². The minimum atomic E-state index is -0.139. The van der Waals surface area contributed by atoms with Gasteiger partial charge in [0.25, 0.3) is 5.91 Å². The van der Waals surface area contributed by atoms with Crippen LogP contribution in [0.25, 0.3) is 6.08 Å². The monoisotopic (exact) mass is 638 g/mol. The second-order valence-corrected chi connectivity index (χ2v) is 12.0. The van der Waals surface area contributed by atoms with Crippen LogP contribution in [0.2, 0.25) is 10.0 Å². The molecule has 2 aliphatic heterocycles. The van der Waals surface area contributed by atoms with Crippen LogP contribution in [-0.2, 0) is 13.2 Å². The SMILES string of the molecule is O=C(NC1CCN(Cc2cccc(COc3ccc4c(c3)OC(=CC=Cc3ccccc3)C4=O)c2)CC1)c1ccc(Cl)c(Cl)c1. The fourth-order valence-electron chi connectivity index (χ4n) is 5.47. The van der Waals surface area contributed by atoms with E-state index in [0.29, 0.717) is 45.0 Å². The molecule has 0 bridgehead atoms. The largest absolute Gasteiger partial charge is 0.489 e. The molecule has 4 aromatic carbocycles. The number of likely N-dealkylation sites (tertiary alicyclic amines) is 1. The molecule has 4 aromatic rings. The fraction of sp³-hybridized carbons (Fsp3) is 0.189. The van der Waals surface area contributed by atoms with E-state index < -0.39 is 0 Å². The van der Waals surface area contributed by atoms with Gasteiger partial charge in [-0.1, -0.05) is 90.0 Å². The first-order valence-electron chi connectivity index (χ1n) is 14.9. The molecule has 1 N–H and O–H groups in total. The van der Waals surface area contributed by atoms with Crippen LogP contribution >= 0.6 is 23.2 Å². The van der Waals surface area contributed by atoms with Gasteiger partial charge in [0.15, 0.2) is 5.76 Å². The molecular weight excluding hydrogens is 607 g/mol. The zero-order valence-corrected chi connectivity index (χ0v) is 26.1. The summed E-state index contributed by atoms with van der Waals surface area (Å²) in [6.45, 7) is 2.99. The summed E-state index contributed by atoms with van der Waals surface area (Å²) < 4.78 is 11.9. The van der Waals surface area contributed by atoms with E-state index in [1.165, 1.54) is 5.56 Å². The highest BCUT2D eigenvalue weighted by molar-refractivity contribution is 6.42. The Bertz CT molecular complexity index is 1760. The number of halogens is 2. The van der Waals surface area contributed by atoms with Gasteiger partial charge in [-0.15, -0.1) is 0 Å². The molecule has 8 heteroatoms. The van der Waals surface area contributed by atoms with Crippen LogP contribution in [0.4, 0.5) is 0 Å². The van der Waals surface area contributed by atoms with E-state index >= 15 is 0 Å². The number of rotatable bonds is 9. The Morgan fingerprint density at radius 3 is 2.51 bits per heavy atom. The molecular formula is C37H32Cl2N2O4. The molecule has 228 valence electrons. The predicted molar refractivity (Wildman–Crippen MR) is 178 cm³/mol. The molecule has 2 aliphatic rings. The first-order chi connectivity index (χ1) is 21.9. The second kappa shape index (κ2) is 14.2. The van der Waals surface area contributed by atoms with Crippen molar-refractivity contribution in [3.05, 3.63) is 147 Å². The minimum absolute atomic E-state index is 0.117. The lowest BCUT2D eigenvalue weighted by Crippen LogP contribution is -2.44. The average Bonchev–Trinajstić information content (AvgIpc) is 3.37. The molecule has 0 aliphatic carbocycles. The number of carbonyl (C=O) groups is 2. The summed E-state index contributed by atoms with van der Waals surface area (Å²) in [5.74, 6) is 1.16. The van der Waals surface area contributed by atoms with Gasteiger partial charge in [0, 0.05) is 37.3 Å². The lowest BCUT2D eigenvalue weighted by atomic mass is 10.0. The number of fused-ring (bicyclic) bond motifs is 1. The molecule has 6 nitrogen and oxygen atoms in total. The molecule has 45 heavy (non-hydrogen) atoms. The Kier molecular flexibility index (Phi) is 9.65. The molecule has 0 unspecified atom stereocenters. The van der Waals surface area contributed by atoms with E-state index in [9.17, 15) is 9.59 Å². The maximum Gasteiger partial charge on any atom is 0.251 e. The van der Waals surface area contributed by atoms with Crippen molar-refractivity contribution >= 4 is 41.0 Å². The topological polar surface area (TPSA) is 67.9 Å². The normalized spacial score (nSPS) is 16.1. The van der Waals surface area contributed by atoms with Gasteiger partial charge in [-0.2, -0.15) is 0 Å². The van der Waals surface area contributed by atoms with Crippen LogP contribution in [0, 0.1) is 0 Å². The summed E-state index contributed by atoms with van der Waals surface area (Å²) in [6.07, 6.45) is 7.19. The van der Waals surface area contributed by atoms with E-state index in [0.717, 1.165) is 43.6 Å². The van der Waals surface area contributed by atoms with Crippen LogP contribution in [-0.4, -0.2) is 35.7 Å². The number of Topliss-reactive ketones (excluding diaryl/α,β-unsaturated/α-hetero) is 1. The lowest BCUT2D eigenvalue weighted by molar-refractivity contribution is 0.0908. The smallest absolute Gasteiger partial charge is 0.251 e. The van der Waals surface area contributed by atoms with Gasteiger partial charge in [0.2, 0.25) is 5.78 Å². The molecule has 0 spiro atoms. The predicted octanol–water partition coefficient (Wildman–Crippen LogP) is 8.14. The molecule has 1 fully saturated rings. The molecule has 6 rings (SSSR count). The van der Waals surface area contributed by atoms with Gasteiger partial charge in [-0.3, -0.25) is 14.5 Å². The number of amides is 1. The van der Waals surface area contributed by atoms with E-state index in [1.54, 1.807) is 42.5 Å². The van der Waals surface area contributed by atoms with Crippen molar-refractivity contribution in [2.24, 2.45) is 0 Å². The average molecular weight is 640 g/mol. The van der Waals surface area contributed by atoms with Crippen LogP contribution in [0.5, 0.6) is 11.5 Å². The number of ketones is 1. The van der Waals surface area contributed by atoms with Gasteiger partial charge >= 0.3 is 0 Å². The maximum atomic E-state index is 12.8. The molecule has 0 saturated carbocycles. The number of nitrogens with one attached hydrogen (secondary N) is 1. The third-order valence-corrected chi connectivity index (χ3v) is 8.62. The van der Waals surface area contributed by atoms with E-state index in [1.807, 2.05) is 54.6 Å². The first-order valence-corrected chi connectivity index (χ1v) is 15.7. The van der Waals surface area contributed by atoms with Crippen LogP contribution in [0.1, 0.15) is 50.2 Å². The molecule has 2 heterocycles. The van der Waals surface area contributed by atoms with Crippen LogP contribution in [0.15, 0.2) is 109 Å². The van der Waals surface area contributed by atoms with Crippen molar-refractivity contribution in [2.45, 2.75) is 32.0 Å². The zero-order valence-electron chi connectivity index (χ0n) is 24.5. The van der Waals surface area contributed by atoms with Crippen LogP contribution in [0.3, 0.4) is 0 Å². The van der Waals surface area contributed by atoms with Gasteiger partial charge in [0.1, 0.15) is 18.1 Å². The number of allylic oxidation sites excluding steroid dienone is 3. The Morgan fingerprint density at radius 1 is 0.911 bits per heavy atom. The third kappa shape index (κ3) is 7.84. The number of hydrogen-bond donors (Lipinski definition) is 1. The number of piperidine rings is 1. The van der Waals surface area contributed by atoms with Crippen molar-refractivity contribution in [3.63, 3.8) is 0 Å². The van der Waals surface area contributed by atoms with E-state index in [-0.39, 0.29) is 17.7 Å². The highest BCUT2D eigenvalue weighted by Gasteiger charge is 2.27. The van der Waals surface area contributed by atoms with Crippen molar-refractivity contribution in [3.8, 4) is 11.5 Å². The highest BCUT2D eigenvalue weighted by Crippen LogP contribution is 2.34. The van der Waals surface area contributed by atoms with E-state index in [2.05, 4.69) is 22.3 Å². The summed E-state index contributed by atoms with van der Waals surface area (Å²) in [5, 5.41) is 3.93. The number of carbonyl (C=O) groups excluding carboxylic acids is 2. The Labute approximate surface area is 272 Å². The lowest BCUT2D eigenvalue weighted by Gasteiger charge is -2.32. The first kappa shape index (κ1) is 30.7. The van der Waals surface area contributed by atoms with Gasteiger partial charge in [0.05, 0.1) is 15.6 Å². The fourth-order valence-corrected chi connectivity index (χ4v) is 5.76. The van der Waals surface area contributed by atoms with Gasteiger partial charge < -0.3 is 14.8 Å². The standard InChI is InChI=1S/C37H32Cl2N2O4/c38-32-15-12-28(21-33(32)39)37(43)40-29-16-18-41(19-17-29)23-26-9-4-10-27(20-26)24-44-30-13-14-31-35(22-30)45-34(36(31)42)11-5-8-25-6-2-1-3-7-25/h1-15,20-22,29H,16-19,23-24H2,(H,40,43). The van der Waals surface area contributed by atoms with Gasteiger partial charge in [-0.05, 0) is 65.9 Å². The van der Waals surface area contributed by atoms with Crippen molar-refractivity contribution < 1.29 is 19.1 Å². The second-order valence-electron chi connectivity index (χ2n) is 11.2. The quantitative estimate of drug-likeness (QED) is 0.187. The number of ether oxygens (including phenoxy) is 2. The highest BCUT2D eigenvalue weighted by atomic mass is 35.5. The summed E-state index contributed by atoms with van der Waals surface area (Å²) >= 11 is 12.0. The van der Waals surface area contributed by atoms with Crippen molar-refractivity contribution in [1.82, 2.24) is 10.2 Å². The summed E-state index contributed by atoms with van der Waals surface area (Å²) in [4.78, 5) is 27.8. The number of nitrogens with zero attached hydrogens (tertiary/aromatic N) is 1. The Morgan fingerprint density at radius 2 is 1.71 bits per heavy atom. The zero-order chi connectivity index (χ0) is 31.2. The Hall–Kier alpha value is -4.36. The Balaban J connectivity index is 0.984. The van der Waals surface area contributed by atoms with Crippen molar-refractivity contribution in [2.75, 3.05) is 13.1 Å². The molecule has 0 atom stereocenters. The molecule has 1 amide bonds. The molecule has 1 saturated heterocycles. The van der Waals surface area contributed by atoms with Crippen molar-refractivity contribution in [1.29, 1.82) is 0 Å². The maximum absolute atomic E-state index is 12.8. The summed E-state index contributed by atoms with van der Waals surface area (Å²) in [5.41, 5.74) is 4.35. The van der Waals surface area contributed by atoms with E-state index in [4.69, 9.17) is 32.7 Å². The summed E-state index contributed by atoms with van der Waals surface area (Å²) in [7, 11) is 0. The number of hydrogen-bond acceptors (Lipinski definition) is 5. The molecule has 0 radical (unpaired) electrons. The van der Waals surface area contributed by atoms with Crippen LogP contribution < -0.4 is 14.8 Å². The minimum Gasteiger partial charge on any atom is -0.489 e.